The quantitative estimate of drug-likeness (QED) is 0.582. The first-order valence-corrected chi connectivity index (χ1v) is 6.55. The van der Waals surface area contributed by atoms with Crippen molar-refractivity contribution < 1.29 is 4.21 Å². The monoisotopic (exact) mass is 188 g/mol. The molecule has 0 fully saturated rings. The van der Waals surface area contributed by atoms with Gasteiger partial charge in [0.25, 0.3) is 0 Å². The average Bonchev–Trinajstić information content (AvgIpc) is 2.34. The van der Waals surface area contributed by atoms with Gasteiger partial charge in [-0.25, -0.2) is 4.21 Å². The molecule has 0 aliphatic carbocycles. The molecule has 1 aliphatic heterocycles. The Morgan fingerprint density at radius 3 is 2.90 bits per heavy atom. The van der Waals surface area contributed by atoms with Gasteiger partial charge in [0.05, 0.1) is 4.90 Å². The van der Waals surface area contributed by atoms with Crippen LogP contribution in [0.4, 0.5) is 0 Å². The Morgan fingerprint density at radius 2 is 2.10 bits per heavy atom. The van der Waals surface area contributed by atoms with E-state index < -0.39 is 9.83 Å². The molecule has 1 heterocycles. The summed E-state index contributed by atoms with van der Waals surface area (Å²) < 4.78 is 11.1. The first-order valence-electron chi connectivity index (χ1n) is 2.74. The Bertz CT molecular complexity index is 284. The van der Waals surface area contributed by atoms with Gasteiger partial charge in [-0.15, -0.1) is 0 Å². The van der Waals surface area contributed by atoms with Crippen molar-refractivity contribution in [2.45, 2.75) is 9.79 Å². The van der Waals surface area contributed by atoms with Gasteiger partial charge in [0.15, 0.2) is 0 Å². The zero-order chi connectivity index (χ0) is 6.97. The third-order valence-electron chi connectivity index (χ3n) is 1.21. The van der Waals surface area contributed by atoms with Crippen molar-refractivity contribution in [1.29, 1.82) is 0 Å². The van der Waals surface area contributed by atoms with E-state index >= 15 is 0 Å². The van der Waals surface area contributed by atoms with E-state index in [9.17, 15) is 4.21 Å². The van der Waals surface area contributed by atoms with Gasteiger partial charge in [0.1, 0.15) is 9.83 Å². The molecule has 4 heteroatoms. The first kappa shape index (κ1) is 6.76. The summed E-state index contributed by atoms with van der Waals surface area (Å²) in [6.45, 7) is 0. The summed E-state index contributed by atoms with van der Waals surface area (Å²) in [5.41, 5.74) is 0. The molecule has 0 N–H and O–H groups in total. The van der Waals surface area contributed by atoms with E-state index in [2.05, 4.69) is 0 Å². The molecule has 1 aromatic carbocycles. The molecule has 10 heavy (non-hydrogen) atoms. The van der Waals surface area contributed by atoms with Gasteiger partial charge in [0, 0.05) is 14.7 Å². The lowest BCUT2D eigenvalue weighted by Gasteiger charge is -1.89. The summed E-state index contributed by atoms with van der Waals surface area (Å²) >= 11 is 0. The smallest absolute Gasteiger partial charge is 0.125 e. The summed E-state index contributed by atoms with van der Waals surface area (Å²) in [6, 6.07) is 7.80. The van der Waals surface area contributed by atoms with Crippen molar-refractivity contribution in [2.24, 2.45) is 0 Å². The highest BCUT2D eigenvalue weighted by Gasteiger charge is 2.18. The summed E-state index contributed by atoms with van der Waals surface area (Å²) in [6.07, 6.45) is 0. The lowest BCUT2D eigenvalue weighted by atomic mass is 10.4. The average molecular weight is 188 g/mol. The standard InChI is InChI=1S/C6H4OS3/c7-10-6-4-2-1-3-5(6)8-9-10/h1-4H. The Kier molecular flexibility index (Phi) is 1.76. The number of hydrogen-bond donors (Lipinski definition) is 0. The van der Waals surface area contributed by atoms with Crippen molar-refractivity contribution in [3.63, 3.8) is 0 Å². The van der Waals surface area contributed by atoms with Crippen LogP contribution in [0, 0.1) is 0 Å². The molecule has 1 aliphatic rings. The molecule has 0 radical (unpaired) electrons. The molecule has 0 spiro atoms. The van der Waals surface area contributed by atoms with Crippen molar-refractivity contribution in [3.8, 4) is 0 Å². The van der Waals surface area contributed by atoms with E-state index in [4.69, 9.17) is 0 Å². The molecule has 0 saturated carbocycles. The molecule has 2 rings (SSSR count). The molecule has 0 amide bonds. The van der Waals surface area contributed by atoms with E-state index in [-0.39, 0.29) is 0 Å². The molecule has 0 saturated heterocycles. The lowest BCUT2D eigenvalue weighted by Crippen LogP contribution is -1.77. The Morgan fingerprint density at radius 1 is 1.30 bits per heavy atom. The maximum atomic E-state index is 11.1. The number of rotatable bonds is 0. The van der Waals surface area contributed by atoms with Crippen molar-refractivity contribution in [1.82, 2.24) is 0 Å². The fraction of sp³-hybridized carbons (Fsp3) is 0. The van der Waals surface area contributed by atoms with Gasteiger partial charge in [-0.2, -0.15) is 0 Å². The van der Waals surface area contributed by atoms with Gasteiger partial charge in [-0.1, -0.05) is 12.1 Å². The van der Waals surface area contributed by atoms with Gasteiger partial charge < -0.3 is 0 Å². The van der Waals surface area contributed by atoms with Crippen molar-refractivity contribution in [2.75, 3.05) is 0 Å². The molecule has 1 atom stereocenters. The fourth-order valence-corrected chi connectivity index (χ4v) is 5.72. The lowest BCUT2D eigenvalue weighted by molar-refractivity contribution is 0.691. The Balaban J connectivity index is 2.61. The van der Waals surface area contributed by atoms with Crippen LogP contribution in [-0.4, -0.2) is 4.21 Å². The number of fused-ring (bicyclic) bond motifs is 1. The van der Waals surface area contributed by atoms with Crippen LogP contribution in [0.25, 0.3) is 0 Å². The topological polar surface area (TPSA) is 17.1 Å². The number of hydrogen-bond acceptors (Lipinski definition) is 3. The van der Waals surface area contributed by atoms with E-state index in [1.807, 2.05) is 24.3 Å². The van der Waals surface area contributed by atoms with Crippen molar-refractivity contribution >= 4 is 30.5 Å². The highest BCUT2D eigenvalue weighted by atomic mass is 33.5. The minimum atomic E-state index is -0.818. The maximum absolute atomic E-state index is 11.1. The fourth-order valence-electron chi connectivity index (χ4n) is 0.761. The third-order valence-corrected chi connectivity index (χ3v) is 6.16. The highest BCUT2D eigenvalue weighted by Crippen LogP contribution is 2.47. The summed E-state index contributed by atoms with van der Waals surface area (Å²) in [4.78, 5) is 2.11. The normalized spacial score (nSPS) is 22.6. The van der Waals surface area contributed by atoms with Gasteiger partial charge in [0.2, 0.25) is 0 Å². The largest absolute Gasteiger partial charge is 0.242 e. The molecule has 1 unspecified atom stereocenters. The zero-order valence-electron chi connectivity index (χ0n) is 4.94. The van der Waals surface area contributed by atoms with Crippen LogP contribution < -0.4 is 0 Å². The van der Waals surface area contributed by atoms with Gasteiger partial charge in [-0.3, -0.25) is 0 Å². The predicted octanol–water partition coefficient (Wildman–Crippen LogP) is 2.46. The Hall–Kier alpha value is 0.0700. The summed E-state index contributed by atoms with van der Waals surface area (Å²) in [7, 11) is 2.19. The second-order valence-corrected chi connectivity index (χ2v) is 6.53. The van der Waals surface area contributed by atoms with Crippen LogP contribution >= 0.6 is 20.6 Å². The maximum Gasteiger partial charge on any atom is 0.125 e. The van der Waals surface area contributed by atoms with Gasteiger partial charge in [-0.05, 0) is 22.9 Å². The summed E-state index contributed by atoms with van der Waals surface area (Å²) in [5.74, 6) is 0. The van der Waals surface area contributed by atoms with Crippen molar-refractivity contribution in [3.05, 3.63) is 24.3 Å². The molecular formula is C6H4OS3. The third kappa shape index (κ3) is 1.00. The first-order chi connectivity index (χ1) is 4.88. The SMILES string of the molecule is O=S1SSc2ccccc21. The van der Waals surface area contributed by atoms with E-state index in [0.717, 1.165) is 9.79 Å². The second kappa shape index (κ2) is 2.60. The molecule has 0 bridgehead atoms. The minimum Gasteiger partial charge on any atom is -0.242 e. The molecular weight excluding hydrogens is 184 g/mol. The van der Waals surface area contributed by atoms with E-state index in [0.29, 0.717) is 0 Å². The van der Waals surface area contributed by atoms with Crippen LogP contribution in [0.1, 0.15) is 0 Å². The predicted molar refractivity (Wildman–Crippen MR) is 46.3 cm³/mol. The van der Waals surface area contributed by atoms with Gasteiger partial charge >= 0.3 is 0 Å². The van der Waals surface area contributed by atoms with E-state index in [1.165, 1.54) is 9.83 Å². The van der Waals surface area contributed by atoms with Crippen LogP contribution in [0.3, 0.4) is 0 Å². The summed E-state index contributed by atoms with van der Waals surface area (Å²) in [5, 5.41) is 0. The highest BCUT2D eigenvalue weighted by molar-refractivity contribution is 9.06. The molecule has 1 aromatic rings. The number of benzene rings is 1. The van der Waals surface area contributed by atoms with Crippen LogP contribution in [0.5, 0.6) is 0 Å². The zero-order valence-corrected chi connectivity index (χ0v) is 7.39. The van der Waals surface area contributed by atoms with Crippen LogP contribution in [-0.2, 0) is 9.83 Å². The van der Waals surface area contributed by atoms with Crippen LogP contribution in [0.2, 0.25) is 0 Å². The molecule has 52 valence electrons. The Labute approximate surface area is 68.8 Å². The molecule has 1 nitrogen and oxygen atoms in total. The van der Waals surface area contributed by atoms with E-state index in [1.54, 1.807) is 10.8 Å². The minimum absolute atomic E-state index is 0.818. The second-order valence-electron chi connectivity index (χ2n) is 1.83. The van der Waals surface area contributed by atoms with Crippen LogP contribution in [0.15, 0.2) is 34.1 Å². The molecule has 0 aromatic heterocycles.